The molecule has 0 saturated carbocycles. The van der Waals surface area contributed by atoms with Crippen LogP contribution in [0.5, 0.6) is 5.75 Å². The van der Waals surface area contributed by atoms with E-state index in [0.717, 1.165) is 0 Å². The van der Waals surface area contributed by atoms with Crippen LogP contribution in [0.25, 0.3) is 0 Å². The van der Waals surface area contributed by atoms with Crippen LogP contribution in [-0.4, -0.2) is 16.5 Å². The Bertz CT molecular complexity index is 525. The van der Waals surface area contributed by atoms with Crippen molar-refractivity contribution in [3.8, 4) is 5.75 Å². The zero-order chi connectivity index (χ0) is 13.9. The first-order chi connectivity index (χ1) is 8.40. The van der Waals surface area contributed by atoms with Crippen LogP contribution in [0.3, 0.4) is 0 Å². The molecular formula is C11H12N2O5. The molecule has 0 aromatic heterocycles. The number of ether oxygens (including phenoxy) is 1. The van der Waals surface area contributed by atoms with Gasteiger partial charge < -0.3 is 4.74 Å². The van der Waals surface area contributed by atoms with E-state index in [0.29, 0.717) is 11.1 Å². The van der Waals surface area contributed by atoms with Gasteiger partial charge in [-0.05, 0) is 19.4 Å². The average molecular weight is 252 g/mol. The zero-order valence-electron chi connectivity index (χ0n) is 10.0. The number of nitrogens with zero attached hydrogens (tertiary/aromatic N) is 2. The van der Waals surface area contributed by atoms with E-state index in [1.54, 1.807) is 6.92 Å². The highest BCUT2D eigenvalue weighted by Gasteiger charge is 2.30. The van der Waals surface area contributed by atoms with Gasteiger partial charge in [0.15, 0.2) is 0 Å². The van der Waals surface area contributed by atoms with Crippen molar-refractivity contribution in [1.82, 2.24) is 0 Å². The Morgan fingerprint density at radius 3 is 2.39 bits per heavy atom. The van der Waals surface area contributed by atoms with Crippen molar-refractivity contribution >= 4 is 11.4 Å². The zero-order valence-corrected chi connectivity index (χ0v) is 10.0. The lowest BCUT2D eigenvalue weighted by Crippen LogP contribution is -2.05. The van der Waals surface area contributed by atoms with Gasteiger partial charge in [0.05, 0.1) is 9.85 Å². The van der Waals surface area contributed by atoms with Crippen LogP contribution in [-0.2, 0) is 0 Å². The molecule has 1 aromatic rings. The fourth-order valence-corrected chi connectivity index (χ4v) is 1.50. The van der Waals surface area contributed by atoms with Gasteiger partial charge in [-0.25, -0.2) is 0 Å². The van der Waals surface area contributed by atoms with Gasteiger partial charge in [0, 0.05) is 11.6 Å². The van der Waals surface area contributed by atoms with Gasteiger partial charge in [-0.15, -0.1) is 0 Å². The summed E-state index contributed by atoms with van der Waals surface area (Å²) in [6.07, 6.45) is 1.36. The predicted octanol–water partition coefficient (Wildman–Crippen LogP) is 2.68. The van der Waals surface area contributed by atoms with Crippen LogP contribution in [0.15, 0.2) is 18.7 Å². The molecule has 0 aliphatic rings. The molecule has 0 heterocycles. The second-order valence-electron chi connectivity index (χ2n) is 3.63. The van der Waals surface area contributed by atoms with Crippen LogP contribution < -0.4 is 4.74 Å². The summed E-state index contributed by atoms with van der Waals surface area (Å²) in [7, 11) is 0. The third-order valence-corrected chi connectivity index (χ3v) is 2.47. The summed E-state index contributed by atoms with van der Waals surface area (Å²) in [5, 5.41) is 21.9. The molecule has 0 radical (unpaired) electrons. The molecule has 0 saturated heterocycles. The summed E-state index contributed by atoms with van der Waals surface area (Å²) < 4.78 is 5.07. The molecule has 0 spiro atoms. The number of nitro groups is 2. The highest BCUT2D eigenvalue weighted by atomic mass is 16.6. The third kappa shape index (κ3) is 2.45. The summed E-state index contributed by atoms with van der Waals surface area (Å²) in [5.74, 6) is -0.326. The van der Waals surface area contributed by atoms with Crippen LogP contribution in [0, 0.1) is 34.1 Å². The quantitative estimate of drug-likeness (QED) is 0.456. The SMILES string of the molecule is C=CCOc1c([N+](=O)[O-])cc(C)c(C)c1[N+](=O)[O-]. The molecule has 0 unspecified atom stereocenters. The number of hydrogen-bond acceptors (Lipinski definition) is 5. The number of nitro benzene ring substituents is 2. The van der Waals surface area contributed by atoms with Gasteiger partial charge in [0.2, 0.25) is 0 Å². The standard InChI is InChI=1S/C11H12N2O5/c1-4-5-18-11-9(12(14)15)6-7(2)8(3)10(11)13(16)17/h4,6H,1,5H2,2-3H3. The minimum absolute atomic E-state index is 0.0375. The van der Waals surface area contributed by atoms with Crippen molar-refractivity contribution in [3.63, 3.8) is 0 Å². The molecule has 0 atom stereocenters. The first-order valence-corrected chi connectivity index (χ1v) is 5.06. The average Bonchev–Trinajstić information content (AvgIpc) is 2.29. The molecule has 7 nitrogen and oxygen atoms in total. The minimum Gasteiger partial charge on any atom is -0.478 e. The van der Waals surface area contributed by atoms with Crippen molar-refractivity contribution in [2.45, 2.75) is 13.8 Å². The lowest BCUT2D eigenvalue weighted by molar-refractivity contribution is -0.396. The molecule has 18 heavy (non-hydrogen) atoms. The lowest BCUT2D eigenvalue weighted by Gasteiger charge is -2.09. The van der Waals surface area contributed by atoms with Crippen LogP contribution in [0.1, 0.15) is 11.1 Å². The highest BCUT2D eigenvalue weighted by Crippen LogP contribution is 2.40. The van der Waals surface area contributed by atoms with Gasteiger partial charge in [-0.1, -0.05) is 12.7 Å². The first kappa shape index (κ1) is 13.6. The van der Waals surface area contributed by atoms with E-state index in [9.17, 15) is 20.2 Å². The number of rotatable bonds is 5. The van der Waals surface area contributed by atoms with Crippen LogP contribution >= 0.6 is 0 Å². The monoisotopic (exact) mass is 252 g/mol. The van der Waals surface area contributed by atoms with Crippen LogP contribution in [0.4, 0.5) is 11.4 Å². The molecule has 0 fully saturated rings. The number of hydrogen-bond donors (Lipinski definition) is 0. The Balaban J connectivity index is 3.57. The molecule has 0 bridgehead atoms. The summed E-state index contributed by atoms with van der Waals surface area (Å²) in [6, 6.07) is 1.26. The Morgan fingerprint density at radius 2 is 1.94 bits per heavy atom. The predicted molar refractivity (Wildman–Crippen MR) is 64.9 cm³/mol. The maximum Gasteiger partial charge on any atom is 0.321 e. The van der Waals surface area contributed by atoms with Crippen molar-refractivity contribution < 1.29 is 14.6 Å². The minimum atomic E-state index is -0.697. The normalized spacial score (nSPS) is 9.89. The Labute approximate surface area is 103 Å². The van der Waals surface area contributed by atoms with Crippen molar-refractivity contribution in [1.29, 1.82) is 0 Å². The molecule has 7 heteroatoms. The van der Waals surface area contributed by atoms with E-state index in [1.807, 2.05) is 0 Å². The van der Waals surface area contributed by atoms with Crippen LogP contribution in [0.2, 0.25) is 0 Å². The summed E-state index contributed by atoms with van der Waals surface area (Å²) >= 11 is 0. The van der Waals surface area contributed by atoms with Crippen molar-refractivity contribution in [2.24, 2.45) is 0 Å². The smallest absolute Gasteiger partial charge is 0.321 e. The number of benzene rings is 1. The molecular weight excluding hydrogens is 240 g/mol. The molecule has 0 aliphatic heterocycles. The Kier molecular flexibility index (Phi) is 3.98. The van der Waals surface area contributed by atoms with E-state index >= 15 is 0 Å². The van der Waals surface area contributed by atoms with Gasteiger partial charge >= 0.3 is 11.4 Å². The summed E-state index contributed by atoms with van der Waals surface area (Å²) in [6.45, 7) is 6.46. The largest absolute Gasteiger partial charge is 0.478 e. The van der Waals surface area contributed by atoms with E-state index < -0.39 is 15.5 Å². The van der Waals surface area contributed by atoms with Gasteiger partial charge in [-0.2, -0.15) is 0 Å². The molecule has 96 valence electrons. The molecule has 1 aromatic carbocycles. The van der Waals surface area contributed by atoms with E-state index in [-0.39, 0.29) is 18.0 Å². The van der Waals surface area contributed by atoms with Crippen molar-refractivity contribution in [2.75, 3.05) is 6.61 Å². The number of aryl methyl sites for hydroxylation is 1. The maximum atomic E-state index is 11.0. The van der Waals surface area contributed by atoms with E-state index in [4.69, 9.17) is 4.74 Å². The Morgan fingerprint density at radius 1 is 1.33 bits per heavy atom. The third-order valence-electron chi connectivity index (χ3n) is 2.47. The second-order valence-corrected chi connectivity index (χ2v) is 3.63. The lowest BCUT2D eigenvalue weighted by atomic mass is 10.1. The van der Waals surface area contributed by atoms with E-state index in [1.165, 1.54) is 19.1 Å². The fraction of sp³-hybridized carbons (Fsp3) is 0.273. The van der Waals surface area contributed by atoms with Crippen molar-refractivity contribution in [3.05, 3.63) is 50.1 Å². The second kappa shape index (κ2) is 5.26. The topological polar surface area (TPSA) is 95.5 Å². The Hall–Kier alpha value is -2.44. The molecule has 1 rings (SSSR count). The highest BCUT2D eigenvalue weighted by molar-refractivity contribution is 5.66. The molecule has 0 N–H and O–H groups in total. The van der Waals surface area contributed by atoms with Gasteiger partial charge in [-0.3, -0.25) is 20.2 Å². The van der Waals surface area contributed by atoms with Gasteiger partial charge in [0.1, 0.15) is 6.61 Å². The fourth-order valence-electron chi connectivity index (χ4n) is 1.50. The molecule has 0 aliphatic carbocycles. The maximum absolute atomic E-state index is 11.0. The van der Waals surface area contributed by atoms with Gasteiger partial charge in [0.25, 0.3) is 5.75 Å². The first-order valence-electron chi connectivity index (χ1n) is 5.06. The van der Waals surface area contributed by atoms with E-state index in [2.05, 4.69) is 6.58 Å². The molecule has 0 amide bonds. The summed E-state index contributed by atoms with van der Waals surface area (Å²) in [5.41, 5.74) is 0.0409. The summed E-state index contributed by atoms with van der Waals surface area (Å²) in [4.78, 5) is 20.5.